The van der Waals surface area contributed by atoms with E-state index < -0.39 is 0 Å². The average Bonchev–Trinajstić information content (AvgIpc) is 4.22. The van der Waals surface area contributed by atoms with Crippen LogP contribution >= 0.6 is 22.7 Å². The Morgan fingerprint density at radius 2 is 1.24 bits per heavy atom. The van der Waals surface area contributed by atoms with Crippen molar-refractivity contribution >= 4 is 54.5 Å². The second kappa shape index (κ2) is 16.9. The molecule has 22 heteroatoms. The maximum absolute atomic E-state index is 6.32. The first kappa shape index (κ1) is 40.7. The van der Waals surface area contributed by atoms with Crippen LogP contribution in [0.25, 0.3) is 66.1 Å². The van der Waals surface area contributed by atoms with Gasteiger partial charge in [-0.3, -0.25) is 0 Å². The first-order valence-electron chi connectivity index (χ1n) is 20.8. The molecule has 0 fully saturated rings. The first-order valence-corrected chi connectivity index (χ1v) is 22.4. The molecule has 20 nitrogen and oxygen atoms in total. The number of aromatic nitrogens is 12. The van der Waals surface area contributed by atoms with Gasteiger partial charge in [0.2, 0.25) is 9.92 Å². The summed E-state index contributed by atoms with van der Waals surface area (Å²) < 4.78 is 54.3. The minimum absolute atomic E-state index is 0.144. The number of benzene rings is 4. The lowest BCUT2D eigenvalue weighted by molar-refractivity contribution is 0.299. The van der Waals surface area contributed by atoms with Crippen molar-refractivity contribution in [3.63, 3.8) is 0 Å². The van der Waals surface area contributed by atoms with Crippen molar-refractivity contribution in [2.45, 2.75) is 19.8 Å². The molecule has 0 aliphatic rings. The molecule has 0 amide bonds. The van der Waals surface area contributed by atoms with E-state index in [0.717, 1.165) is 33.4 Å². The number of hydrogen-bond acceptors (Lipinski definition) is 18. The van der Waals surface area contributed by atoms with Gasteiger partial charge in [0.15, 0.2) is 11.5 Å². The average molecular weight is 947 g/mol. The number of hydrogen-bond donors (Lipinski definition) is 0. The lowest BCUT2D eigenvalue weighted by Crippen LogP contribution is -2.05. The normalized spacial score (nSPS) is 11.6. The second-order valence-electron chi connectivity index (χ2n) is 15.1. The Bertz CT molecular complexity index is 3710. The summed E-state index contributed by atoms with van der Waals surface area (Å²) in [7, 11) is 4.76. The van der Waals surface area contributed by atoms with Crippen LogP contribution in [0.1, 0.15) is 17.0 Å². The standard InChI is InChI=1S/C46H34N12O8S2/c1-59-31-13-37(33-17-41(65-39(33)15-31)35-21-56-43(48-35)67-45(51-56)61-3)62-24-27-20-55(54-50-27)29-11-7-8-26(12-29)23-64-46-52-57-22-36(49-44(57)68-46)42-18-34-38(14-32(60-2)16-40(34)66-42)63-25-30-19-47-53-58(30)28-9-5-4-6-10-28/h4-22H,23-25H2,1-3H3. The molecule has 0 spiro atoms. The van der Waals surface area contributed by atoms with Crippen molar-refractivity contribution in [1.29, 1.82) is 0 Å². The summed E-state index contributed by atoms with van der Waals surface area (Å²) >= 11 is 2.66. The molecule has 0 saturated carbocycles. The number of nitrogens with zero attached hydrogens (tertiary/aromatic N) is 12. The fourth-order valence-electron chi connectivity index (χ4n) is 7.50. The highest BCUT2D eigenvalue weighted by Gasteiger charge is 2.20. The molecule has 68 heavy (non-hydrogen) atoms. The van der Waals surface area contributed by atoms with E-state index in [-0.39, 0.29) is 19.8 Å². The summed E-state index contributed by atoms with van der Waals surface area (Å²) in [4.78, 5) is 10.8. The summed E-state index contributed by atoms with van der Waals surface area (Å²) in [6.07, 6.45) is 7.08. The number of imidazole rings is 2. The van der Waals surface area contributed by atoms with Gasteiger partial charge < -0.3 is 37.3 Å². The third kappa shape index (κ3) is 7.71. The van der Waals surface area contributed by atoms with Gasteiger partial charge in [-0.15, -0.1) is 20.4 Å². The number of para-hydroxylation sites is 1. The van der Waals surface area contributed by atoms with E-state index in [4.69, 9.17) is 42.2 Å². The highest BCUT2D eigenvalue weighted by atomic mass is 32.1. The third-order valence-electron chi connectivity index (χ3n) is 10.8. The minimum atomic E-state index is 0.144. The predicted octanol–water partition coefficient (Wildman–Crippen LogP) is 8.65. The van der Waals surface area contributed by atoms with Crippen LogP contribution in [-0.2, 0) is 19.8 Å². The highest BCUT2D eigenvalue weighted by molar-refractivity contribution is 7.18. The fourth-order valence-corrected chi connectivity index (χ4v) is 8.94. The molecule has 0 aliphatic carbocycles. The molecule has 12 aromatic rings. The van der Waals surface area contributed by atoms with Crippen molar-refractivity contribution < 1.29 is 37.3 Å². The molecule has 0 bridgehead atoms. The van der Waals surface area contributed by atoms with E-state index >= 15 is 0 Å². The number of rotatable bonds is 16. The predicted molar refractivity (Wildman–Crippen MR) is 248 cm³/mol. The quantitative estimate of drug-likeness (QED) is 0.0889. The molecular weight excluding hydrogens is 913 g/mol. The van der Waals surface area contributed by atoms with Crippen LogP contribution in [0.3, 0.4) is 0 Å². The van der Waals surface area contributed by atoms with Gasteiger partial charge in [0.25, 0.3) is 10.4 Å². The van der Waals surface area contributed by atoms with Gasteiger partial charge in [-0.25, -0.2) is 28.4 Å². The molecule has 8 aromatic heterocycles. The molecule has 0 N–H and O–H groups in total. The van der Waals surface area contributed by atoms with Crippen molar-refractivity contribution in [1.82, 2.24) is 59.2 Å². The Labute approximate surface area is 391 Å². The largest absolute Gasteiger partial charge is 0.496 e. The first-order chi connectivity index (χ1) is 33.4. The smallest absolute Gasteiger partial charge is 0.294 e. The van der Waals surface area contributed by atoms with Crippen LogP contribution in [0.2, 0.25) is 0 Å². The van der Waals surface area contributed by atoms with Gasteiger partial charge in [0.05, 0.1) is 68.3 Å². The summed E-state index contributed by atoms with van der Waals surface area (Å²) in [5.41, 5.74) is 6.38. The van der Waals surface area contributed by atoms with E-state index in [1.807, 2.05) is 91.1 Å². The minimum Gasteiger partial charge on any atom is -0.496 e. The fraction of sp³-hybridized carbons (Fsp3) is 0.130. The second-order valence-corrected chi connectivity index (χ2v) is 16.9. The zero-order chi connectivity index (χ0) is 45.7. The van der Waals surface area contributed by atoms with Gasteiger partial charge in [0, 0.05) is 24.3 Å². The van der Waals surface area contributed by atoms with E-state index in [1.165, 1.54) is 22.7 Å². The summed E-state index contributed by atoms with van der Waals surface area (Å²) in [5.74, 6) is 3.41. The molecule has 4 aromatic carbocycles. The summed E-state index contributed by atoms with van der Waals surface area (Å²) in [6.45, 7) is 0.621. The Kier molecular flexibility index (Phi) is 10.1. The Morgan fingerprint density at radius 3 is 1.90 bits per heavy atom. The van der Waals surface area contributed by atoms with Crippen LogP contribution < -0.4 is 28.4 Å². The van der Waals surface area contributed by atoms with Gasteiger partial charge >= 0.3 is 0 Å². The zero-order valence-corrected chi connectivity index (χ0v) is 37.7. The number of fused-ring (bicyclic) bond motifs is 4. The number of methoxy groups -OCH3 is 3. The number of ether oxygens (including phenoxy) is 6. The monoisotopic (exact) mass is 946 g/mol. The zero-order valence-electron chi connectivity index (χ0n) is 36.0. The van der Waals surface area contributed by atoms with E-state index in [0.29, 0.717) is 83.1 Å². The molecule has 0 radical (unpaired) electrons. The van der Waals surface area contributed by atoms with Crippen LogP contribution in [0.15, 0.2) is 125 Å². The van der Waals surface area contributed by atoms with E-state index in [1.54, 1.807) is 64.4 Å². The highest BCUT2D eigenvalue weighted by Crippen LogP contribution is 2.39. The van der Waals surface area contributed by atoms with Crippen molar-refractivity contribution in [3.05, 3.63) is 133 Å². The van der Waals surface area contributed by atoms with Gasteiger partial charge in [-0.05, 0) is 64.6 Å². The topological polar surface area (TPSA) is 203 Å². The summed E-state index contributed by atoms with van der Waals surface area (Å²) in [5, 5.41) is 28.6. The molecule has 8 heterocycles. The molecule has 0 atom stereocenters. The lowest BCUT2D eigenvalue weighted by atomic mass is 10.2. The molecular formula is C46H34N12O8S2. The Balaban J connectivity index is 0.704. The van der Waals surface area contributed by atoms with Crippen LogP contribution in [-0.4, -0.2) is 80.5 Å². The third-order valence-corrected chi connectivity index (χ3v) is 12.5. The van der Waals surface area contributed by atoms with Crippen molar-refractivity contribution in [2.24, 2.45) is 0 Å². The van der Waals surface area contributed by atoms with Gasteiger partial charge in [-0.1, -0.05) is 40.8 Å². The molecule has 0 unspecified atom stereocenters. The van der Waals surface area contributed by atoms with Gasteiger partial charge in [-0.2, -0.15) is 0 Å². The van der Waals surface area contributed by atoms with E-state index in [2.05, 4.69) is 35.8 Å². The van der Waals surface area contributed by atoms with Crippen LogP contribution in [0.5, 0.6) is 33.4 Å². The molecule has 0 saturated heterocycles. The molecule has 12 rings (SSSR count). The SMILES string of the molecule is COc1cc(OCc2cn(-c3cccc(COc4nn5cc(-c6cc7c(OCc8cnnn8-c8ccccc8)cc(OC)cc7o6)nc5s4)c3)nn2)c2cc(-c3cn4nc(OC)sc4n3)oc2c1. The Hall–Kier alpha value is -8.76. The van der Waals surface area contributed by atoms with Crippen LogP contribution in [0.4, 0.5) is 0 Å². The van der Waals surface area contributed by atoms with Crippen molar-refractivity contribution in [3.8, 4) is 67.7 Å². The lowest BCUT2D eigenvalue weighted by Gasteiger charge is -2.10. The molecule has 338 valence electrons. The van der Waals surface area contributed by atoms with Crippen LogP contribution in [0, 0.1) is 0 Å². The summed E-state index contributed by atoms with van der Waals surface area (Å²) in [6, 6.07) is 28.6. The van der Waals surface area contributed by atoms with E-state index in [9.17, 15) is 0 Å². The van der Waals surface area contributed by atoms with Crippen molar-refractivity contribution in [2.75, 3.05) is 21.3 Å². The maximum Gasteiger partial charge on any atom is 0.294 e. The van der Waals surface area contributed by atoms with Gasteiger partial charge in [0.1, 0.15) is 76.8 Å². The molecule has 0 aliphatic heterocycles. The maximum atomic E-state index is 6.32. The number of furan rings is 2. The Morgan fingerprint density at radius 1 is 0.588 bits per heavy atom.